The standard InChI is InChI=1S/C12H15N5O2/c1-2-17-10(13)9(11(18)16-12(17)19)15-7-8-3-5-14-6-4-8/h3-6,15H,2,7,13H2,1H3,(H,16,18,19). The second-order valence-electron chi connectivity index (χ2n) is 3.97. The zero-order chi connectivity index (χ0) is 13.8. The van der Waals surface area contributed by atoms with Gasteiger partial charge in [0.15, 0.2) is 0 Å². The number of rotatable bonds is 4. The third-order valence-corrected chi connectivity index (χ3v) is 2.77. The lowest BCUT2D eigenvalue weighted by Gasteiger charge is -2.12. The average Bonchev–Trinajstić information content (AvgIpc) is 2.39. The first-order valence-electron chi connectivity index (χ1n) is 5.88. The summed E-state index contributed by atoms with van der Waals surface area (Å²) >= 11 is 0. The van der Waals surface area contributed by atoms with Crippen molar-refractivity contribution >= 4 is 11.5 Å². The smallest absolute Gasteiger partial charge is 0.330 e. The van der Waals surface area contributed by atoms with Gasteiger partial charge in [0.1, 0.15) is 11.5 Å². The average molecular weight is 261 g/mol. The maximum absolute atomic E-state index is 11.7. The molecule has 0 fully saturated rings. The molecule has 0 bridgehead atoms. The minimum absolute atomic E-state index is 0.144. The fourth-order valence-electron chi connectivity index (χ4n) is 1.76. The van der Waals surface area contributed by atoms with Crippen molar-refractivity contribution < 1.29 is 0 Å². The predicted molar refractivity (Wildman–Crippen MR) is 73.0 cm³/mol. The topological polar surface area (TPSA) is 106 Å². The van der Waals surface area contributed by atoms with Crippen molar-refractivity contribution in [3.63, 3.8) is 0 Å². The van der Waals surface area contributed by atoms with E-state index < -0.39 is 11.2 Å². The summed E-state index contributed by atoms with van der Waals surface area (Å²) in [5.74, 6) is 0.144. The van der Waals surface area contributed by atoms with Gasteiger partial charge in [0.2, 0.25) is 0 Å². The lowest BCUT2D eigenvalue weighted by Crippen LogP contribution is -2.33. The van der Waals surface area contributed by atoms with Crippen LogP contribution in [0.3, 0.4) is 0 Å². The van der Waals surface area contributed by atoms with E-state index in [2.05, 4.69) is 15.3 Å². The van der Waals surface area contributed by atoms with E-state index in [0.29, 0.717) is 13.1 Å². The molecule has 7 heteroatoms. The molecule has 0 aliphatic carbocycles. The van der Waals surface area contributed by atoms with Crippen LogP contribution < -0.4 is 22.3 Å². The van der Waals surface area contributed by atoms with Crippen molar-refractivity contribution in [1.29, 1.82) is 0 Å². The number of nitrogen functional groups attached to an aromatic ring is 1. The van der Waals surface area contributed by atoms with Crippen LogP contribution >= 0.6 is 0 Å². The molecule has 0 spiro atoms. The van der Waals surface area contributed by atoms with Crippen molar-refractivity contribution in [2.24, 2.45) is 0 Å². The third-order valence-electron chi connectivity index (χ3n) is 2.77. The number of pyridine rings is 1. The Balaban J connectivity index is 2.31. The Morgan fingerprint density at radius 1 is 1.37 bits per heavy atom. The van der Waals surface area contributed by atoms with Crippen molar-refractivity contribution in [2.75, 3.05) is 11.1 Å². The number of hydrogen-bond donors (Lipinski definition) is 3. The highest BCUT2D eigenvalue weighted by Gasteiger charge is 2.10. The van der Waals surface area contributed by atoms with Crippen molar-refractivity contribution in [3.8, 4) is 0 Å². The minimum atomic E-state index is -0.513. The Hall–Kier alpha value is -2.57. The van der Waals surface area contributed by atoms with Crippen LogP contribution in [-0.2, 0) is 13.1 Å². The summed E-state index contributed by atoms with van der Waals surface area (Å²) in [7, 11) is 0. The highest BCUT2D eigenvalue weighted by atomic mass is 16.2. The second-order valence-corrected chi connectivity index (χ2v) is 3.97. The highest BCUT2D eigenvalue weighted by molar-refractivity contribution is 5.60. The molecule has 2 rings (SSSR count). The fourth-order valence-corrected chi connectivity index (χ4v) is 1.76. The molecule has 2 aromatic rings. The predicted octanol–water partition coefficient (Wildman–Crippen LogP) is 0.146. The Morgan fingerprint density at radius 2 is 2.05 bits per heavy atom. The van der Waals surface area contributed by atoms with Crippen LogP contribution in [0, 0.1) is 0 Å². The van der Waals surface area contributed by atoms with E-state index in [1.165, 1.54) is 4.57 Å². The molecule has 0 saturated heterocycles. The van der Waals surface area contributed by atoms with Gasteiger partial charge in [-0.05, 0) is 24.6 Å². The Labute approximate surface area is 109 Å². The van der Waals surface area contributed by atoms with Crippen LogP contribution in [0.2, 0.25) is 0 Å². The summed E-state index contributed by atoms with van der Waals surface area (Å²) in [5.41, 5.74) is 5.98. The quantitative estimate of drug-likeness (QED) is 0.726. The summed E-state index contributed by atoms with van der Waals surface area (Å²) in [5, 5.41) is 2.94. The van der Waals surface area contributed by atoms with E-state index >= 15 is 0 Å². The number of H-pyrrole nitrogens is 1. The molecule has 2 heterocycles. The third kappa shape index (κ3) is 2.65. The zero-order valence-electron chi connectivity index (χ0n) is 10.5. The molecule has 0 amide bonds. The summed E-state index contributed by atoms with van der Waals surface area (Å²) in [6.45, 7) is 2.60. The lowest BCUT2D eigenvalue weighted by molar-refractivity contribution is 0.706. The number of nitrogens with one attached hydrogen (secondary N) is 2. The SMILES string of the molecule is CCn1c(N)c(NCc2ccncc2)c(=O)[nH]c1=O. The maximum atomic E-state index is 11.7. The summed E-state index contributed by atoms with van der Waals surface area (Å²) in [6, 6.07) is 3.65. The van der Waals surface area contributed by atoms with Gasteiger partial charge in [0.05, 0.1) is 0 Å². The van der Waals surface area contributed by atoms with E-state index in [-0.39, 0.29) is 11.5 Å². The van der Waals surface area contributed by atoms with Gasteiger partial charge in [-0.25, -0.2) is 4.79 Å². The Kier molecular flexibility index (Phi) is 3.65. The molecule has 0 saturated carbocycles. The van der Waals surface area contributed by atoms with E-state index in [1.807, 2.05) is 12.1 Å². The molecule has 0 unspecified atom stereocenters. The number of nitrogens with two attached hydrogens (primary N) is 1. The number of aromatic nitrogens is 3. The van der Waals surface area contributed by atoms with Crippen LogP contribution in [-0.4, -0.2) is 14.5 Å². The summed E-state index contributed by atoms with van der Waals surface area (Å²) in [4.78, 5) is 29.4. The molecule has 0 aliphatic rings. The number of anilines is 2. The molecule has 0 aromatic carbocycles. The second kappa shape index (κ2) is 5.38. The van der Waals surface area contributed by atoms with Crippen molar-refractivity contribution in [3.05, 3.63) is 50.9 Å². The number of aromatic amines is 1. The van der Waals surface area contributed by atoms with Gasteiger partial charge in [0, 0.05) is 25.5 Å². The minimum Gasteiger partial charge on any atom is -0.383 e. The van der Waals surface area contributed by atoms with Gasteiger partial charge in [-0.2, -0.15) is 0 Å². The van der Waals surface area contributed by atoms with Crippen molar-refractivity contribution in [2.45, 2.75) is 20.0 Å². The number of nitrogens with zero attached hydrogens (tertiary/aromatic N) is 2. The molecular formula is C12H15N5O2. The maximum Gasteiger partial charge on any atom is 0.330 e. The summed E-state index contributed by atoms with van der Waals surface area (Å²) < 4.78 is 1.30. The monoisotopic (exact) mass is 261 g/mol. The molecule has 4 N–H and O–H groups in total. The van der Waals surface area contributed by atoms with Crippen LogP contribution in [0.1, 0.15) is 12.5 Å². The Bertz CT molecular complexity index is 675. The fraction of sp³-hybridized carbons (Fsp3) is 0.250. The summed E-state index contributed by atoms with van der Waals surface area (Å²) in [6.07, 6.45) is 3.33. The van der Waals surface area contributed by atoms with Crippen molar-refractivity contribution in [1.82, 2.24) is 14.5 Å². The van der Waals surface area contributed by atoms with Gasteiger partial charge in [-0.3, -0.25) is 19.3 Å². The van der Waals surface area contributed by atoms with Crippen LogP contribution in [0.25, 0.3) is 0 Å². The first kappa shape index (κ1) is 12.9. The van der Waals surface area contributed by atoms with Crippen LogP contribution in [0.15, 0.2) is 34.1 Å². The van der Waals surface area contributed by atoms with Gasteiger partial charge < -0.3 is 11.1 Å². The van der Waals surface area contributed by atoms with E-state index in [4.69, 9.17) is 5.73 Å². The molecule has 0 atom stereocenters. The van der Waals surface area contributed by atoms with Gasteiger partial charge >= 0.3 is 5.69 Å². The first-order chi connectivity index (χ1) is 9.13. The zero-order valence-corrected chi connectivity index (χ0v) is 10.5. The highest BCUT2D eigenvalue weighted by Crippen LogP contribution is 2.11. The van der Waals surface area contributed by atoms with Gasteiger partial charge in [0.25, 0.3) is 5.56 Å². The normalized spacial score (nSPS) is 10.4. The van der Waals surface area contributed by atoms with E-state index in [1.54, 1.807) is 19.3 Å². The Morgan fingerprint density at radius 3 is 2.68 bits per heavy atom. The molecule has 100 valence electrons. The van der Waals surface area contributed by atoms with Crippen LogP contribution in [0.5, 0.6) is 0 Å². The number of hydrogen-bond acceptors (Lipinski definition) is 5. The molecular weight excluding hydrogens is 246 g/mol. The molecule has 0 radical (unpaired) electrons. The largest absolute Gasteiger partial charge is 0.383 e. The molecule has 0 aliphatic heterocycles. The van der Waals surface area contributed by atoms with E-state index in [0.717, 1.165) is 5.56 Å². The molecule has 19 heavy (non-hydrogen) atoms. The molecule has 7 nitrogen and oxygen atoms in total. The van der Waals surface area contributed by atoms with E-state index in [9.17, 15) is 9.59 Å². The molecule has 2 aromatic heterocycles. The van der Waals surface area contributed by atoms with Gasteiger partial charge in [-0.15, -0.1) is 0 Å². The lowest BCUT2D eigenvalue weighted by atomic mass is 10.2. The van der Waals surface area contributed by atoms with Crippen LogP contribution in [0.4, 0.5) is 11.5 Å². The first-order valence-corrected chi connectivity index (χ1v) is 5.88. The van der Waals surface area contributed by atoms with Gasteiger partial charge in [-0.1, -0.05) is 0 Å².